The van der Waals surface area contributed by atoms with Crippen LogP contribution in [0.15, 0.2) is 17.0 Å². The summed E-state index contributed by atoms with van der Waals surface area (Å²) in [6, 6.07) is 2.04. The molecule has 1 aromatic carbocycles. The Hall–Kier alpha value is -1.80. The van der Waals surface area contributed by atoms with E-state index in [1.165, 1.54) is 12.1 Å². The molecule has 1 aliphatic heterocycles. The minimum atomic E-state index is -3.62. The van der Waals surface area contributed by atoms with Gasteiger partial charge in [0.25, 0.3) is 0 Å². The molecule has 0 amide bonds. The molecule has 0 fully saturated rings. The summed E-state index contributed by atoms with van der Waals surface area (Å²) in [6.07, 6.45) is 0.642. The zero-order chi connectivity index (χ0) is 14.2. The van der Waals surface area contributed by atoms with Crippen LogP contribution in [0.1, 0.15) is 18.0 Å². The molecule has 0 spiro atoms. The van der Waals surface area contributed by atoms with Crippen LogP contribution in [0.25, 0.3) is 0 Å². The van der Waals surface area contributed by atoms with Gasteiger partial charge in [-0.15, -0.1) is 0 Å². The van der Waals surface area contributed by atoms with Gasteiger partial charge in [0.2, 0.25) is 6.79 Å². The summed E-state index contributed by atoms with van der Waals surface area (Å²) in [5.41, 5.74) is 5.96. The summed E-state index contributed by atoms with van der Waals surface area (Å²) < 4.78 is 34.0. The first kappa shape index (κ1) is 13.6. The molecule has 1 atom stereocenters. The maximum Gasteiger partial charge on any atom is 0.305 e. The molecule has 2 rings (SSSR count). The van der Waals surface area contributed by atoms with Crippen molar-refractivity contribution in [2.24, 2.45) is 5.73 Å². The number of hydrogen-bond acceptors (Lipinski definition) is 6. The highest BCUT2D eigenvalue weighted by Crippen LogP contribution is 2.42. The average molecular weight is 287 g/mol. The topological polar surface area (TPSA) is 116 Å². The zero-order valence-electron chi connectivity index (χ0n) is 10.1. The summed E-state index contributed by atoms with van der Waals surface area (Å²) in [5.74, 6) is -0.697. The molecule has 1 unspecified atom stereocenters. The van der Waals surface area contributed by atoms with Crippen molar-refractivity contribution < 1.29 is 27.8 Å². The first-order valence-electron chi connectivity index (χ1n) is 5.40. The molecule has 0 saturated carbocycles. The highest BCUT2D eigenvalue weighted by atomic mass is 32.2. The largest absolute Gasteiger partial charge is 0.481 e. The van der Waals surface area contributed by atoms with E-state index >= 15 is 0 Å². The first-order chi connectivity index (χ1) is 8.80. The van der Waals surface area contributed by atoms with E-state index in [4.69, 9.17) is 20.3 Å². The molecule has 8 heteroatoms. The number of ether oxygens (including phenoxy) is 2. The van der Waals surface area contributed by atoms with Gasteiger partial charge in [-0.05, 0) is 11.6 Å². The number of hydrogen-bond donors (Lipinski definition) is 2. The zero-order valence-corrected chi connectivity index (χ0v) is 10.9. The Morgan fingerprint density at radius 2 is 2.16 bits per heavy atom. The number of carboxylic acids is 1. The van der Waals surface area contributed by atoms with E-state index in [1.807, 2.05) is 0 Å². The third-order valence-electron chi connectivity index (χ3n) is 2.69. The lowest BCUT2D eigenvalue weighted by Crippen LogP contribution is -2.18. The van der Waals surface area contributed by atoms with Crippen LogP contribution < -0.4 is 15.2 Å². The molecule has 1 aromatic rings. The normalized spacial score (nSPS) is 15.3. The number of benzene rings is 1. The van der Waals surface area contributed by atoms with E-state index in [0.717, 1.165) is 6.26 Å². The van der Waals surface area contributed by atoms with Crippen LogP contribution in [0.2, 0.25) is 0 Å². The van der Waals surface area contributed by atoms with Crippen LogP contribution in [0, 0.1) is 0 Å². The Balaban J connectivity index is 2.59. The number of carboxylic acid groups (broad SMARTS) is 1. The van der Waals surface area contributed by atoms with Crippen molar-refractivity contribution in [1.29, 1.82) is 0 Å². The number of sulfone groups is 1. The van der Waals surface area contributed by atoms with Crippen molar-refractivity contribution >= 4 is 15.8 Å². The second-order valence-corrected chi connectivity index (χ2v) is 6.15. The second-order valence-electron chi connectivity index (χ2n) is 4.19. The summed E-state index contributed by atoms with van der Waals surface area (Å²) in [4.78, 5) is 10.6. The van der Waals surface area contributed by atoms with E-state index in [-0.39, 0.29) is 29.4 Å². The van der Waals surface area contributed by atoms with Gasteiger partial charge in [-0.3, -0.25) is 4.79 Å². The summed E-state index contributed by atoms with van der Waals surface area (Å²) >= 11 is 0. The van der Waals surface area contributed by atoms with Crippen LogP contribution in [0.4, 0.5) is 0 Å². The molecule has 0 bridgehead atoms. The number of rotatable bonds is 4. The predicted octanol–water partition coefficient (Wildman–Crippen LogP) is 0.293. The lowest BCUT2D eigenvalue weighted by atomic mass is 10.0. The molecule has 0 saturated heterocycles. The molecule has 19 heavy (non-hydrogen) atoms. The maximum absolute atomic E-state index is 11.9. The van der Waals surface area contributed by atoms with Crippen molar-refractivity contribution in [2.45, 2.75) is 17.4 Å². The molecular formula is C11H13NO6S. The van der Waals surface area contributed by atoms with Crippen LogP contribution in [0.3, 0.4) is 0 Å². The van der Waals surface area contributed by atoms with Crippen molar-refractivity contribution in [1.82, 2.24) is 0 Å². The summed E-state index contributed by atoms with van der Waals surface area (Å²) in [7, 11) is -3.62. The highest BCUT2D eigenvalue weighted by molar-refractivity contribution is 7.90. The first-order valence-corrected chi connectivity index (χ1v) is 7.29. The Kier molecular flexibility index (Phi) is 3.38. The number of aliphatic carboxylic acids is 1. The quantitative estimate of drug-likeness (QED) is 0.817. The van der Waals surface area contributed by atoms with Crippen LogP contribution in [-0.2, 0) is 14.6 Å². The highest BCUT2D eigenvalue weighted by Gasteiger charge is 2.29. The Morgan fingerprint density at radius 1 is 1.47 bits per heavy atom. The Morgan fingerprint density at radius 3 is 2.74 bits per heavy atom. The fourth-order valence-electron chi connectivity index (χ4n) is 1.93. The number of nitrogens with two attached hydrogens (primary N) is 1. The predicted molar refractivity (Wildman–Crippen MR) is 64.9 cm³/mol. The van der Waals surface area contributed by atoms with Gasteiger partial charge in [-0.1, -0.05) is 6.07 Å². The van der Waals surface area contributed by atoms with E-state index in [9.17, 15) is 13.2 Å². The maximum atomic E-state index is 11.9. The SMILES string of the molecule is CS(=O)(=O)c1c(C(N)CC(=O)O)ccc2c1OCO2. The standard InChI is InChI=1S/C11H13NO6S/c1-19(15,16)11-6(7(12)4-9(13)14)2-3-8-10(11)18-5-17-8/h2-3,7H,4-5,12H2,1H3,(H,13,14). The second kappa shape index (κ2) is 4.71. The van der Waals surface area contributed by atoms with Crippen molar-refractivity contribution in [3.05, 3.63) is 17.7 Å². The number of fused-ring (bicyclic) bond motifs is 1. The van der Waals surface area contributed by atoms with Gasteiger partial charge in [-0.2, -0.15) is 0 Å². The van der Waals surface area contributed by atoms with Gasteiger partial charge < -0.3 is 20.3 Å². The molecular weight excluding hydrogens is 274 g/mol. The van der Waals surface area contributed by atoms with Crippen LogP contribution in [0.5, 0.6) is 11.5 Å². The minimum absolute atomic E-state index is 0.0739. The molecule has 104 valence electrons. The molecule has 0 aliphatic carbocycles. The van der Waals surface area contributed by atoms with E-state index < -0.39 is 21.8 Å². The summed E-state index contributed by atoms with van der Waals surface area (Å²) in [6.45, 7) is -0.0739. The molecule has 1 heterocycles. The smallest absolute Gasteiger partial charge is 0.305 e. The lowest BCUT2D eigenvalue weighted by Gasteiger charge is -2.15. The fraction of sp³-hybridized carbons (Fsp3) is 0.364. The summed E-state index contributed by atoms with van der Waals surface area (Å²) in [5, 5.41) is 8.75. The minimum Gasteiger partial charge on any atom is -0.481 e. The monoisotopic (exact) mass is 287 g/mol. The van der Waals surface area contributed by atoms with Gasteiger partial charge in [0.1, 0.15) is 4.90 Å². The van der Waals surface area contributed by atoms with Gasteiger partial charge in [0.15, 0.2) is 21.3 Å². The number of carbonyl (C=O) groups is 1. The van der Waals surface area contributed by atoms with Gasteiger partial charge in [0, 0.05) is 12.3 Å². The molecule has 0 aromatic heterocycles. The van der Waals surface area contributed by atoms with Crippen molar-refractivity contribution in [3.63, 3.8) is 0 Å². The molecule has 0 radical (unpaired) electrons. The van der Waals surface area contributed by atoms with Crippen LogP contribution in [-0.4, -0.2) is 32.5 Å². The van der Waals surface area contributed by atoms with Crippen LogP contribution >= 0.6 is 0 Å². The van der Waals surface area contributed by atoms with Gasteiger partial charge >= 0.3 is 5.97 Å². The molecule has 3 N–H and O–H groups in total. The fourth-order valence-corrected chi connectivity index (χ4v) is 3.08. The average Bonchev–Trinajstić information content (AvgIpc) is 2.72. The van der Waals surface area contributed by atoms with Crippen molar-refractivity contribution in [3.8, 4) is 11.5 Å². The van der Waals surface area contributed by atoms with E-state index in [2.05, 4.69) is 0 Å². The van der Waals surface area contributed by atoms with Gasteiger partial charge in [-0.25, -0.2) is 8.42 Å². The Labute approximate surface area is 109 Å². The third kappa shape index (κ3) is 2.64. The lowest BCUT2D eigenvalue weighted by molar-refractivity contribution is -0.137. The van der Waals surface area contributed by atoms with Crippen molar-refractivity contribution in [2.75, 3.05) is 13.0 Å². The van der Waals surface area contributed by atoms with E-state index in [0.29, 0.717) is 5.75 Å². The third-order valence-corrected chi connectivity index (χ3v) is 3.85. The molecule has 7 nitrogen and oxygen atoms in total. The van der Waals surface area contributed by atoms with Gasteiger partial charge in [0.05, 0.1) is 6.42 Å². The molecule has 1 aliphatic rings. The Bertz CT molecular complexity index is 624. The van der Waals surface area contributed by atoms with E-state index in [1.54, 1.807) is 0 Å².